The molecule has 8 heteroatoms. The van der Waals surface area contributed by atoms with Crippen LogP contribution in [0.2, 0.25) is 0 Å². The smallest absolute Gasteiger partial charge is 0.383 e. The standard InChI is InChI=1S/C14H11F3N4O/c15-14(16,17)12(8(5-18)7-22)21-11-6-20-13(19)10-4-2-1-3-9(10)11/h1-7,18,21H,(H2,19,20)/b12-8+,18-5?. The van der Waals surface area contributed by atoms with E-state index in [0.717, 1.165) is 6.20 Å². The number of pyridine rings is 1. The maximum Gasteiger partial charge on any atom is 0.432 e. The fraction of sp³-hybridized carbons (Fsp3) is 0.0714. The number of benzene rings is 1. The first-order valence-electron chi connectivity index (χ1n) is 6.06. The number of halogens is 3. The van der Waals surface area contributed by atoms with E-state index in [9.17, 15) is 18.0 Å². The van der Waals surface area contributed by atoms with Crippen molar-refractivity contribution in [2.24, 2.45) is 0 Å². The van der Waals surface area contributed by atoms with Crippen molar-refractivity contribution in [3.8, 4) is 0 Å². The van der Waals surface area contributed by atoms with Crippen LogP contribution < -0.4 is 11.1 Å². The normalized spacial score (nSPS) is 12.7. The first-order valence-corrected chi connectivity index (χ1v) is 6.06. The molecule has 0 unspecified atom stereocenters. The number of nitrogens with zero attached hydrogens (tertiary/aromatic N) is 1. The lowest BCUT2D eigenvalue weighted by atomic mass is 10.1. The molecule has 0 spiro atoms. The first-order chi connectivity index (χ1) is 10.4. The number of alkyl halides is 3. The first kappa shape index (κ1) is 15.5. The highest BCUT2D eigenvalue weighted by Gasteiger charge is 2.36. The fourth-order valence-corrected chi connectivity index (χ4v) is 1.92. The summed E-state index contributed by atoms with van der Waals surface area (Å²) in [6.07, 6.45) is -3.36. The van der Waals surface area contributed by atoms with Crippen LogP contribution in [-0.2, 0) is 4.79 Å². The summed E-state index contributed by atoms with van der Waals surface area (Å²) in [6, 6.07) is 6.52. The molecule has 0 amide bonds. The molecule has 0 atom stereocenters. The number of hydrogen-bond donors (Lipinski definition) is 3. The van der Waals surface area contributed by atoms with Gasteiger partial charge in [-0.1, -0.05) is 24.3 Å². The number of hydrogen-bond acceptors (Lipinski definition) is 5. The highest BCUT2D eigenvalue weighted by Crippen LogP contribution is 2.32. The number of allylic oxidation sites excluding steroid dienone is 2. The minimum Gasteiger partial charge on any atom is -0.383 e. The molecule has 5 nitrogen and oxygen atoms in total. The molecule has 4 N–H and O–H groups in total. The van der Waals surface area contributed by atoms with Crippen molar-refractivity contribution in [1.82, 2.24) is 4.98 Å². The van der Waals surface area contributed by atoms with E-state index in [0.29, 0.717) is 17.0 Å². The van der Waals surface area contributed by atoms with Gasteiger partial charge in [0.25, 0.3) is 0 Å². The average Bonchev–Trinajstić information content (AvgIpc) is 2.49. The Morgan fingerprint density at radius 3 is 2.45 bits per heavy atom. The molecule has 2 rings (SSSR count). The van der Waals surface area contributed by atoms with Gasteiger partial charge < -0.3 is 16.5 Å². The Morgan fingerprint density at radius 2 is 1.91 bits per heavy atom. The zero-order chi connectivity index (χ0) is 16.3. The van der Waals surface area contributed by atoms with Gasteiger partial charge in [0.2, 0.25) is 0 Å². The maximum absolute atomic E-state index is 13.1. The number of nitrogen functional groups attached to an aromatic ring is 1. The molecule has 2 aromatic rings. The number of nitrogens with two attached hydrogens (primary N) is 1. The molecule has 0 saturated carbocycles. The molecular formula is C14H11F3N4O. The lowest BCUT2D eigenvalue weighted by molar-refractivity contribution is -0.106. The molecule has 22 heavy (non-hydrogen) atoms. The quantitative estimate of drug-likeness (QED) is 0.460. The zero-order valence-electron chi connectivity index (χ0n) is 11.1. The summed E-state index contributed by atoms with van der Waals surface area (Å²) in [6.45, 7) is 0. The summed E-state index contributed by atoms with van der Waals surface area (Å²) in [7, 11) is 0. The van der Waals surface area contributed by atoms with Gasteiger partial charge in [0.15, 0.2) is 6.29 Å². The van der Waals surface area contributed by atoms with Crippen LogP contribution in [0.1, 0.15) is 0 Å². The third-order valence-electron chi connectivity index (χ3n) is 2.94. The molecule has 0 fully saturated rings. The van der Waals surface area contributed by atoms with Crippen LogP contribution in [0, 0.1) is 5.41 Å². The van der Waals surface area contributed by atoms with E-state index in [4.69, 9.17) is 11.1 Å². The molecule has 114 valence electrons. The maximum atomic E-state index is 13.1. The van der Waals surface area contributed by atoms with Crippen molar-refractivity contribution in [2.75, 3.05) is 11.1 Å². The average molecular weight is 308 g/mol. The second-order valence-corrected chi connectivity index (χ2v) is 4.32. The summed E-state index contributed by atoms with van der Waals surface area (Å²) in [5.41, 5.74) is 3.59. The molecule has 0 aliphatic carbocycles. The van der Waals surface area contributed by atoms with Crippen LogP contribution in [0.3, 0.4) is 0 Å². The Hall–Kier alpha value is -2.90. The number of carbonyl (C=O) groups excluding carboxylic acids is 1. The lowest BCUT2D eigenvalue weighted by Crippen LogP contribution is -2.22. The monoisotopic (exact) mass is 308 g/mol. The van der Waals surface area contributed by atoms with E-state index in [1.165, 1.54) is 0 Å². The SMILES string of the molecule is N=C/C(C=O)=C(\Nc1cnc(N)c2ccccc12)C(F)(F)F. The highest BCUT2D eigenvalue weighted by molar-refractivity contribution is 6.04. The van der Waals surface area contributed by atoms with Crippen LogP contribution in [0.4, 0.5) is 24.7 Å². The minimum atomic E-state index is -4.82. The predicted molar refractivity (Wildman–Crippen MR) is 77.7 cm³/mol. The molecule has 0 bridgehead atoms. The molecule has 1 aromatic heterocycles. The Labute approximate surface area is 123 Å². The fourth-order valence-electron chi connectivity index (χ4n) is 1.92. The zero-order valence-corrected chi connectivity index (χ0v) is 11.1. The van der Waals surface area contributed by atoms with Gasteiger partial charge in [-0.3, -0.25) is 4.79 Å². The molecule has 1 heterocycles. The molecule has 0 aliphatic rings. The third kappa shape index (κ3) is 2.90. The van der Waals surface area contributed by atoms with Crippen molar-refractivity contribution in [1.29, 1.82) is 5.41 Å². The summed E-state index contributed by atoms with van der Waals surface area (Å²) >= 11 is 0. The van der Waals surface area contributed by atoms with E-state index in [-0.39, 0.29) is 17.8 Å². The van der Waals surface area contributed by atoms with Crippen molar-refractivity contribution in [3.63, 3.8) is 0 Å². The second kappa shape index (κ2) is 5.84. The lowest BCUT2D eigenvalue weighted by Gasteiger charge is -2.17. The molecule has 0 saturated heterocycles. The number of aromatic nitrogens is 1. The van der Waals surface area contributed by atoms with Crippen LogP contribution in [0.15, 0.2) is 41.7 Å². The van der Waals surface area contributed by atoms with Crippen molar-refractivity contribution in [2.45, 2.75) is 6.18 Å². The van der Waals surface area contributed by atoms with Crippen molar-refractivity contribution >= 4 is 34.8 Å². The Balaban J connectivity index is 2.62. The molecular weight excluding hydrogens is 297 g/mol. The van der Waals surface area contributed by atoms with E-state index < -0.39 is 17.4 Å². The van der Waals surface area contributed by atoms with Crippen LogP contribution >= 0.6 is 0 Å². The Kier molecular flexibility index (Phi) is 4.11. The third-order valence-corrected chi connectivity index (χ3v) is 2.94. The number of fused-ring (bicyclic) bond motifs is 1. The molecule has 0 radical (unpaired) electrons. The number of aldehydes is 1. The largest absolute Gasteiger partial charge is 0.432 e. The summed E-state index contributed by atoms with van der Waals surface area (Å²) in [5, 5.41) is 9.99. The molecule has 1 aromatic carbocycles. The number of nitrogens with one attached hydrogen (secondary N) is 2. The van der Waals surface area contributed by atoms with E-state index in [2.05, 4.69) is 10.3 Å². The summed E-state index contributed by atoms with van der Waals surface area (Å²) in [4.78, 5) is 14.6. The summed E-state index contributed by atoms with van der Waals surface area (Å²) in [5.74, 6) is 0.182. The Morgan fingerprint density at radius 1 is 1.27 bits per heavy atom. The van der Waals surface area contributed by atoms with Gasteiger partial charge in [-0.25, -0.2) is 4.98 Å². The van der Waals surface area contributed by atoms with Gasteiger partial charge in [0.05, 0.1) is 17.5 Å². The number of anilines is 2. The van der Waals surface area contributed by atoms with Crippen LogP contribution in [0.25, 0.3) is 10.8 Å². The van der Waals surface area contributed by atoms with E-state index in [1.54, 1.807) is 24.3 Å². The number of carbonyl (C=O) groups is 1. The van der Waals surface area contributed by atoms with E-state index >= 15 is 0 Å². The van der Waals surface area contributed by atoms with E-state index in [1.807, 2.05) is 0 Å². The minimum absolute atomic E-state index is 0.0320. The van der Waals surface area contributed by atoms with Gasteiger partial charge in [-0.15, -0.1) is 0 Å². The molecule has 0 aliphatic heterocycles. The Bertz CT molecular complexity index is 758. The van der Waals surface area contributed by atoms with Gasteiger partial charge in [0.1, 0.15) is 11.5 Å². The van der Waals surface area contributed by atoms with Crippen LogP contribution in [-0.4, -0.2) is 23.7 Å². The summed E-state index contributed by atoms with van der Waals surface area (Å²) < 4.78 is 39.2. The predicted octanol–water partition coefficient (Wildman–Crippen LogP) is 2.89. The highest BCUT2D eigenvalue weighted by atomic mass is 19.4. The number of rotatable bonds is 4. The van der Waals surface area contributed by atoms with Crippen molar-refractivity contribution in [3.05, 3.63) is 41.7 Å². The van der Waals surface area contributed by atoms with Gasteiger partial charge in [0, 0.05) is 17.0 Å². The topological polar surface area (TPSA) is 91.9 Å². The van der Waals surface area contributed by atoms with Crippen molar-refractivity contribution < 1.29 is 18.0 Å². The second-order valence-electron chi connectivity index (χ2n) is 4.32. The van der Waals surface area contributed by atoms with Gasteiger partial charge in [-0.2, -0.15) is 13.2 Å². The van der Waals surface area contributed by atoms with Gasteiger partial charge in [-0.05, 0) is 0 Å². The van der Waals surface area contributed by atoms with Gasteiger partial charge >= 0.3 is 6.18 Å². The van der Waals surface area contributed by atoms with Crippen LogP contribution in [0.5, 0.6) is 0 Å².